The Balaban J connectivity index is 1.36. The highest BCUT2D eigenvalue weighted by atomic mass is 16.5. The number of rotatable bonds is 16. The molecule has 32 heavy (non-hydrogen) atoms. The first kappa shape index (κ1) is 25.9. The highest BCUT2D eigenvalue weighted by Gasteiger charge is 2.19. The molecule has 2 fully saturated rings. The Morgan fingerprint density at radius 3 is 1.44 bits per heavy atom. The fourth-order valence-corrected chi connectivity index (χ4v) is 3.98. The molecule has 0 aromatic carbocycles. The molecule has 2 rings (SSSR count). The molecular weight excluding hydrogens is 412 g/mol. The Labute approximate surface area is 191 Å². The molecule has 2 saturated heterocycles. The van der Waals surface area contributed by atoms with Crippen molar-refractivity contribution in [1.82, 2.24) is 9.80 Å². The molecule has 0 bridgehead atoms. The van der Waals surface area contributed by atoms with Crippen LogP contribution >= 0.6 is 0 Å². The van der Waals surface area contributed by atoms with Gasteiger partial charge in [0.05, 0.1) is 13.2 Å². The average Bonchev–Trinajstić information content (AvgIpc) is 3.38. The second kappa shape index (κ2) is 15.4. The third-order valence-electron chi connectivity index (χ3n) is 5.83. The van der Waals surface area contributed by atoms with E-state index in [0.717, 1.165) is 103 Å². The molecule has 0 aromatic heterocycles. The van der Waals surface area contributed by atoms with E-state index in [1.165, 1.54) is 0 Å². The van der Waals surface area contributed by atoms with Crippen molar-refractivity contribution in [3.63, 3.8) is 0 Å². The van der Waals surface area contributed by atoms with Gasteiger partial charge in [0.25, 0.3) is 0 Å². The van der Waals surface area contributed by atoms with Gasteiger partial charge in [-0.25, -0.2) is 9.59 Å². The molecule has 0 aliphatic carbocycles. The molecule has 2 aliphatic rings. The maximum absolute atomic E-state index is 11.6. The number of amides is 2. The summed E-state index contributed by atoms with van der Waals surface area (Å²) >= 11 is 0. The summed E-state index contributed by atoms with van der Waals surface area (Å²) in [7, 11) is 0. The Morgan fingerprint density at radius 1 is 0.656 bits per heavy atom. The van der Waals surface area contributed by atoms with Crippen LogP contribution in [0.4, 0.5) is 0 Å². The summed E-state index contributed by atoms with van der Waals surface area (Å²) in [6.45, 7) is 4.06. The standard InChI is InChI=1S/C24H38N2O6/c27-21-11-9-17-25(21)15-5-1-3-7-19-31-23(29)13-14-24(30)32-20-8-4-2-6-16-26-18-10-12-22(26)28/h13-14H,1-12,15-20H2/b14-13-. The van der Waals surface area contributed by atoms with Crippen molar-refractivity contribution in [3.05, 3.63) is 12.2 Å². The lowest BCUT2D eigenvalue weighted by atomic mass is 10.2. The lowest BCUT2D eigenvalue weighted by Gasteiger charge is -2.14. The van der Waals surface area contributed by atoms with Crippen LogP contribution < -0.4 is 0 Å². The fourth-order valence-electron chi connectivity index (χ4n) is 3.98. The Hall–Kier alpha value is -2.38. The fraction of sp³-hybridized carbons (Fsp3) is 0.750. The van der Waals surface area contributed by atoms with Crippen LogP contribution in [0.25, 0.3) is 0 Å². The number of carbonyl (C=O) groups excluding carboxylic acids is 4. The van der Waals surface area contributed by atoms with Crippen LogP contribution in [0.15, 0.2) is 12.2 Å². The van der Waals surface area contributed by atoms with Crippen molar-refractivity contribution < 1.29 is 28.7 Å². The molecule has 2 amide bonds. The third kappa shape index (κ3) is 10.8. The minimum absolute atomic E-state index is 0.260. The van der Waals surface area contributed by atoms with Crippen LogP contribution in [0.2, 0.25) is 0 Å². The predicted octanol–water partition coefficient (Wildman–Crippen LogP) is 2.99. The van der Waals surface area contributed by atoms with Crippen molar-refractivity contribution >= 4 is 23.8 Å². The van der Waals surface area contributed by atoms with Crippen molar-refractivity contribution in [1.29, 1.82) is 0 Å². The van der Waals surface area contributed by atoms with Crippen molar-refractivity contribution in [2.24, 2.45) is 0 Å². The molecular formula is C24H38N2O6. The molecule has 0 spiro atoms. The van der Waals surface area contributed by atoms with E-state index < -0.39 is 11.9 Å². The van der Waals surface area contributed by atoms with Gasteiger partial charge in [-0.15, -0.1) is 0 Å². The molecule has 0 atom stereocenters. The summed E-state index contributed by atoms with van der Waals surface area (Å²) in [5.74, 6) is -0.561. The summed E-state index contributed by atoms with van der Waals surface area (Å²) in [5, 5.41) is 0. The second-order valence-corrected chi connectivity index (χ2v) is 8.47. The average molecular weight is 451 g/mol. The van der Waals surface area contributed by atoms with Gasteiger partial charge in [-0.3, -0.25) is 9.59 Å². The van der Waals surface area contributed by atoms with Crippen molar-refractivity contribution in [3.8, 4) is 0 Å². The quantitative estimate of drug-likeness (QED) is 0.204. The molecule has 2 aliphatic heterocycles. The molecule has 0 unspecified atom stereocenters. The zero-order chi connectivity index (χ0) is 23.0. The summed E-state index contributed by atoms with van der Waals surface area (Å²) in [6, 6.07) is 0. The van der Waals surface area contributed by atoms with Gasteiger partial charge < -0.3 is 19.3 Å². The van der Waals surface area contributed by atoms with E-state index in [9.17, 15) is 19.2 Å². The molecule has 180 valence electrons. The maximum atomic E-state index is 11.6. The zero-order valence-electron chi connectivity index (χ0n) is 19.2. The summed E-state index contributed by atoms with van der Waals surface area (Å²) in [6.07, 6.45) is 12.9. The molecule has 0 aromatic rings. The topological polar surface area (TPSA) is 93.2 Å². The first-order valence-corrected chi connectivity index (χ1v) is 12.1. The van der Waals surface area contributed by atoms with Crippen molar-refractivity contribution in [2.45, 2.75) is 77.0 Å². The molecule has 8 nitrogen and oxygen atoms in total. The number of hydrogen-bond acceptors (Lipinski definition) is 6. The summed E-state index contributed by atoms with van der Waals surface area (Å²) in [5.41, 5.74) is 0. The van der Waals surface area contributed by atoms with Crippen LogP contribution in [-0.4, -0.2) is 72.9 Å². The van der Waals surface area contributed by atoms with Crippen LogP contribution in [0, 0.1) is 0 Å². The first-order chi connectivity index (χ1) is 15.6. The van der Waals surface area contributed by atoms with Gasteiger partial charge in [0.2, 0.25) is 11.8 Å². The van der Waals surface area contributed by atoms with E-state index in [-0.39, 0.29) is 11.8 Å². The van der Waals surface area contributed by atoms with Gasteiger partial charge in [0.1, 0.15) is 0 Å². The monoisotopic (exact) mass is 450 g/mol. The second-order valence-electron chi connectivity index (χ2n) is 8.47. The molecule has 0 radical (unpaired) electrons. The number of esters is 2. The Bertz CT molecular complexity index is 594. The van der Waals surface area contributed by atoms with E-state index in [2.05, 4.69) is 0 Å². The van der Waals surface area contributed by atoms with Crippen LogP contribution in [-0.2, 0) is 28.7 Å². The molecule has 2 heterocycles. The number of unbranched alkanes of at least 4 members (excludes halogenated alkanes) is 6. The minimum Gasteiger partial charge on any atom is -0.463 e. The van der Waals surface area contributed by atoms with Gasteiger partial charge in [0, 0.05) is 51.2 Å². The van der Waals surface area contributed by atoms with Gasteiger partial charge in [-0.05, 0) is 51.4 Å². The third-order valence-corrected chi connectivity index (χ3v) is 5.83. The number of likely N-dealkylation sites (tertiary alicyclic amines) is 2. The van der Waals surface area contributed by atoms with E-state index in [4.69, 9.17) is 9.47 Å². The van der Waals surface area contributed by atoms with Gasteiger partial charge >= 0.3 is 11.9 Å². The Kier molecular flexibility index (Phi) is 12.5. The largest absolute Gasteiger partial charge is 0.463 e. The highest BCUT2D eigenvalue weighted by Crippen LogP contribution is 2.12. The van der Waals surface area contributed by atoms with E-state index >= 15 is 0 Å². The van der Waals surface area contributed by atoms with E-state index in [1.807, 2.05) is 9.80 Å². The van der Waals surface area contributed by atoms with Crippen LogP contribution in [0.5, 0.6) is 0 Å². The predicted molar refractivity (Wildman–Crippen MR) is 120 cm³/mol. The van der Waals surface area contributed by atoms with Gasteiger partial charge in [-0.1, -0.05) is 12.8 Å². The Morgan fingerprint density at radius 2 is 1.06 bits per heavy atom. The summed E-state index contributed by atoms with van der Waals surface area (Å²) in [4.78, 5) is 50.1. The number of ether oxygens (including phenoxy) is 2. The van der Waals surface area contributed by atoms with Gasteiger partial charge in [0.15, 0.2) is 0 Å². The molecule has 0 saturated carbocycles. The number of hydrogen-bond donors (Lipinski definition) is 0. The molecule has 0 N–H and O–H groups in total. The van der Waals surface area contributed by atoms with Crippen LogP contribution in [0.1, 0.15) is 77.0 Å². The summed E-state index contributed by atoms with van der Waals surface area (Å²) < 4.78 is 10.2. The van der Waals surface area contributed by atoms with Gasteiger partial charge in [-0.2, -0.15) is 0 Å². The van der Waals surface area contributed by atoms with E-state index in [0.29, 0.717) is 26.1 Å². The number of nitrogens with zero attached hydrogens (tertiary/aromatic N) is 2. The lowest BCUT2D eigenvalue weighted by molar-refractivity contribution is -0.140. The first-order valence-electron chi connectivity index (χ1n) is 12.1. The van der Waals surface area contributed by atoms with Crippen LogP contribution in [0.3, 0.4) is 0 Å². The normalized spacial score (nSPS) is 16.4. The SMILES string of the molecule is O=C(/C=C\C(=O)OCCCCCCN1CCCC1=O)OCCCCCCN1CCCC1=O. The highest BCUT2D eigenvalue weighted by molar-refractivity contribution is 5.91. The number of carbonyl (C=O) groups is 4. The smallest absolute Gasteiger partial charge is 0.331 e. The maximum Gasteiger partial charge on any atom is 0.331 e. The zero-order valence-corrected chi connectivity index (χ0v) is 19.2. The molecule has 8 heteroatoms. The van der Waals surface area contributed by atoms with Crippen molar-refractivity contribution in [2.75, 3.05) is 39.4 Å². The van der Waals surface area contributed by atoms with E-state index in [1.54, 1.807) is 0 Å². The lowest BCUT2D eigenvalue weighted by Crippen LogP contribution is -2.25. The minimum atomic E-state index is -0.541.